The summed E-state index contributed by atoms with van der Waals surface area (Å²) in [6.45, 7) is 11.3. The molecule has 2 rings (SSSR count). The Morgan fingerprint density at radius 1 is 1.29 bits per heavy atom. The molecule has 0 aliphatic carbocycles. The Balaban J connectivity index is 2.76. The van der Waals surface area contributed by atoms with Crippen LogP contribution < -0.4 is 4.74 Å². The van der Waals surface area contributed by atoms with Gasteiger partial charge in [-0.25, -0.2) is 0 Å². The number of aromatic nitrogens is 1. The van der Waals surface area contributed by atoms with E-state index in [9.17, 15) is 0 Å². The normalized spacial score (nSPS) is 10.0. The summed E-state index contributed by atoms with van der Waals surface area (Å²) < 4.78 is 5.40. The quantitative estimate of drug-likeness (QED) is 0.786. The van der Waals surface area contributed by atoms with Crippen molar-refractivity contribution in [1.82, 2.24) is 4.98 Å². The van der Waals surface area contributed by atoms with Gasteiger partial charge in [0.15, 0.2) is 0 Å². The summed E-state index contributed by atoms with van der Waals surface area (Å²) in [5.41, 5.74) is 3.28. The summed E-state index contributed by atoms with van der Waals surface area (Å²) >= 11 is 0. The minimum atomic E-state index is 0.253. The van der Waals surface area contributed by atoms with Crippen LogP contribution in [-0.4, -0.2) is 12.1 Å². The minimum Gasteiger partial charge on any atom is -0.496 e. The third-order valence-corrected chi connectivity index (χ3v) is 3.28. The molecule has 0 bridgehead atoms. The molecule has 1 aromatic carbocycles. The number of nitrogens with zero attached hydrogens (tertiary/aromatic N) is 3. The number of methoxy groups -OCH3 is 1. The van der Waals surface area contributed by atoms with Crippen LogP contribution in [-0.2, 0) is 0 Å². The third-order valence-electron chi connectivity index (χ3n) is 3.28. The molecule has 0 aliphatic rings. The van der Waals surface area contributed by atoms with Crippen LogP contribution in [0.3, 0.4) is 0 Å². The molecular formula is C17H15N3O. The first-order valence-corrected chi connectivity index (χ1v) is 6.56. The lowest BCUT2D eigenvalue weighted by molar-refractivity contribution is 0.416. The fourth-order valence-corrected chi connectivity index (χ4v) is 2.20. The van der Waals surface area contributed by atoms with Crippen molar-refractivity contribution in [3.63, 3.8) is 0 Å². The Bertz CT molecular complexity index is 752. The molecule has 2 aromatic rings. The van der Waals surface area contributed by atoms with E-state index < -0.39 is 0 Å². The Labute approximate surface area is 124 Å². The maximum atomic E-state index is 9.10. The average molecular weight is 277 g/mol. The monoisotopic (exact) mass is 277 g/mol. The SMILES string of the molecule is [C-]#[N+]c1cc(-c2cc(C#N)ccc2OC)c(C(C)C)cn1. The maximum Gasteiger partial charge on any atom is 0.270 e. The van der Waals surface area contributed by atoms with Crippen molar-refractivity contribution in [1.29, 1.82) is 5.26 Å². The Morgan fingerprint density at radius 2 is 2.05 bits per heavy atom. The molecule has 0 amide bonds. The first-order valence-electron chi connectivity index (χ1n) is 6.56. The highest BCUT2D eigenvalue weighted by atomic mass is 16.5. The molecule has 0 fully saturated rings. The van der Waals surface area contributed by atoms with Gasteiger partial charge in [-0.3, -0.25) is 0 Å². The molecule has 0 spiro atoms. The van der Waals surface area contributed by atoms with Crippen molar-refractivity contribution in [2.75, 3.05) is 7.11 Å². The molecule has 1 aromatic heterocycles. The van der Waals surface area contributed by atoms with Gasteiger partial charge in [-0.2, -0.15) is 5.26 Å². The summed E-state index contributed by atoms with van der Waals surface area (Å²) in [6, 6.07) is 9.16. The van der Waals surface area contributed by atoms with E-state index in [4.69, 9.17) is 16.6 Å². The Hall–Kier alpha value is -2.85. The van der Waals surface area contributed by atoms with Gasteiger partial charge in [0.1, 0.15) is 11.9 Å². The fourth-order valence-electron chi connectivity index (χ4n) is 2.20. The second kappa shape index (κ2) is 6.07. The number of ether oxygens (including phenoxy) is 1. The summed E-state index contributed by atoms with van der Waals surface area (Å²) in [6.07, 6.45) is 1.73. The molecule has 0 aliphatic heterocycles. The number of hydrogen-bond donors (Lipinski definition) is 0. The second-order valence-electron chi connectivity index (χ2n) is 4.92. The average Bonchev–Trinajstić information content (AvgIpc) is 2.53. The van der Waals surface area contributed by atoms with E-state index in [1.165, 1.54) is 0 Å². The molecule has 0 atom stereocenters. The molecule has 0 unspecified atom stereocenters. The van der Waals surface area contributed by atoms with E-state index in [1.54, 1.807) is 37.6 Å². The van der Waals surface area contributed by atoms with E-state index in [0.29, 0.717) is 17.1 Å². The second-order valence-corrected chi connectivity index (χ2v) is 4.92. The summed E-state index contributed by atoms with van der Waals surface area (Å²) in [4.78, 5) is 7.53. The van der Waals surface area contributed by atoms with Crippen molar-refractivity contribution in [3.8, 4) is 22.9 Å². The lowest BCUT2D eigenvalue weighted by Gasteiger charge is -2.15. The molecule has 104 valence electrons. The van der Waals surface area contributed by atoms with Crippen LogP contribution in [0, 0.1) is 17.9 Å². The zero-order valence-corrected chi connectivity index (χ0v) is 12.2. The van der Waals surface area contributed by atoms with Crippen molar-refractivity contribution in [2.45, 2.75) is 19.8 Å². The molecule has 0 saturated carbocycles. The summed E-state index contributed by atoms with van der Waals surface area (Å²) in [5, 5.41) is 9.10. The van der Waals surface area contributed by atoms with Crippen LogP contribution in [0.5, 0.6) is 5.75 Å². The highest BCUT2D eigenvalue weighted by Gasteiger charge is 2.16. The third kappa shape index (κ3) is 2.85. The van der Waals surface area contributed by atoms with Crippen LogP contribution in [0.4, 0.5) is 5.82 Å². The molecule has 4 nitrogen and oxygen atoms in total. The zero-order valence-electron chi connectivity index (χ0n) is 12.2. The number of pyridine rings is 1. The van der Waals surface area contributed by atoms with Crippen molar-refractivity contribution < 1.29 is 4.74 Å². The van der Waals surface area contributed by atoms with Crippen LogP contribution in [0.1, 0.15) is 30.9 Å². The predicted molar refractivity (Wildman–Crippen MR) is 81.3 cm³/mol. The van der Waals surface area contributed by atoms with E-state index >= 15 is 0 Å². The molecule has 21 heavy (non-hydrogen) atoms. The van der Waals surface area contributed by atoms with Crippen LogP contribution >= 0.6 is 0 Å². The number of nitriles is 1. The molecule has 0 N–H and O–H groups in total. The van der Waals surface area contributed by atoms with E-state index in [-0.39, 0.29) is 5.92 Å². The topological polar surface area (TPSA) is 50.3 Å². The molecular weight excluding hydrogens is 262 g/mol. The smallest absolute Gasteiger partial charge is 0.270 e. The first kappa shape index (κ1) is 14.6. The van der Waals surface area contributed by atoms with Crippen LogP contribution in [0.15, 0.2) is 30.5 Å². The van der Waals surface area contributed by atoms with Gasteiger partial charge in [-0.15, -0.1) is 4.98 Å². The minimum absolute atomic E-state index is 0.253. The first-order chi connectivity index (χ1) is 10.1. The van der Waals surface area contributed by atoms with E-state index in [2.05, 4.69) is 29.7 Å². The van der Waals surface area contributed by atoms with Crippen molar-refractivity contribution in [3.05, 3.63) is 53.0 Å². The highest BCUT2D eigenvalue weighted by Crippen LogP contribution is 2.37. The largest absolute Gasteiger partial charge is 0.496 e. The van der Waals surface area contributed by atoms with Gasteiger partial charge in [0.25, 0.3) is 5.82 Å². The van der Waals surface area contributed by atoms with Crippen molar-refractivity contribution in [2.24, 2.45) is 0 Å². The van der Waals surface area contributed by atoms with Crippen LogP contribution in [0.2, 0.25) is 0 Å². The fraction of sp³-hybridized carbons (Fsp3) is 0.235. The Morgan fingerprint density at radius 3 is 2.62 bits per heavy atom. The van der Waals surface area contributed by atoms with Gasteiger partial charge in [-0.05, 0) is 35.7 Å². The maximum absolute atomic E-state index is 9.10. The molecule has 1 heterocycles. The lowest BCUT2D eigenvalue weighted by Crippen LogP contribution is -1.96. The van der Waals surface area contributed by atoms with Gasteiger partial charge in [0, 0.05) is 11.1 Å². The number of benzene rings is 1. The van der Waals surface area contributed by atoms with Gasteiger partial charge < -0.3 is 9.58 Å². The van der Waals surface area contributed by atoms with Gasteiger partial charge in [0.2, 0.25) is 0 Å². The van der Waals surface area contributed by atoms with Gasteiger partial charge >= 0.3 is 0 Å². The van der Waals surface area contributed by atoms with Crippen molar-refractivity contribution >= 4 is 5.82 Å². The molecule has 0 saturated heterocycles. The van der Waals surface area contributed by atoms with E-state index in [1.807, 2.05) is 0 Å². The summed E-state index contributed by atoms with van der Waals surface area (Å²) in [7, 11) is 1.59. The molecule has 4 heteroatoms. The lowest BCUT2D eigenvalue weighted by atomic mass is 9.93. The van der Waals surface area contributed by atoms with Crippen LogP contribution in [0.25, 0.3) is 16.0 Å². The highest BCUT2D eigenvalue weighted by molar-refractivity contribution is 5.77. The predicted octanol–water partition coefficient (Wildman–Crippen LogP) is 4.30. The molecule has 0 radical (unpaired) electrons. The Kier molecular flexibility index (Phi) is 4.21. The van der Waals surface area contributed by atoms with Gasteiger partial charge in [0.05, 0.1) is 18.7 Å². The standard InChI is InChI=1S/C17H15N3O/c1-11(2)15-10-20-17(19-3)8-13(15)14-7-12(9-18)5-6-16(14)21-4/h5-8,10-11H,1-2,4H3. The number of rotatable bonds is 3. The summed E-state index contributed by atoms with van der Waals surface area (Å²) in [5.74, 6) is 1.26. The zero-order chi connectivity index (χ0) is 15.4. The van der Waals surface area contributed by atoms with E-state index in [0.717, 1.165) is 16.7 Å². The number of hydrogen-bond acceptors (Lipinski definition) is 3. The van der Waals surface area contributed by atoms with Gasteiger partial charge in [-0.1, -0.05) is 20.4 Å².